The van der Waals surface area contributed by atoms with Gasteiger partial charge in [0.15, 0.2) is 12.4 Å². The molecular weight excluding hydrogens is 348 g/mol. The van der Waals surface area contributed by atoms with E-state index < -0.39 is 5.97 Å². The summed E-state index contributed by atoms with van der Waals surface area (Å²) in [7, 11) is 1.30. The summed E-state index contributed by atoms with van der Waals surface area (Å²) >= 11 is 0. The van der Waals surface area contributed by atoms with Gasteiger partial charge in [0, 0.05) is 30.4 Å². The number of piperidine rings is 1. The molecular formula is C19H24N4O4. The second kappa shape index (κ2) is 8.57. The average Bonchev–Trinajstić information content (AvgIpc) is 3.08. The van der Waals surface area contributed by atoms with Crippen LogP contribution in [0.5, 0.6) is 0 Å². The summed E-state index contributed by atoms with van der Waals surface area (Å²) < 4.78 is 10.1. The molecule has 8 heteroatoms. The topological polar surface area (TPSA) is 103 Å². The Labute approximate surface area is 157 Å². The molecule has 3 heterocycles. The van der Waals surface area contributed by atoms with Gasteiger partial charge < -0.3 is 24.6 Å². The molecule has 8 nitrogen and oxygen atoms in total. The Bertz CT molecular complexity index is 825. The highest BCUT2D eigenvalue weighted by Crippen LogP contribution is 2.19. The van der Waals surface area contributed by atoms with Crippen LogP contribution in [0.4, 0.5) is 5.82 Å². The van der Waals surface area contributed by atoms with E-state index in [2.05, 4.69) is 19.8 Å². The Morgan fingerprint density at radius 1 is 1.33 bits per heavy atom. The molecule has 1 saturated heterocycles. The van der Waals surface area contributed by atoms with Crippen LogP contribution in [0.3, 0.4) is 0 Å². The Morgan fingerprint density at radius 2 is 2.11 bits per heavy atom. The van der Waals surface area contributed by atoms with Gasteiger partial charge in [-0.2, -0.15) is 0 Å². The van der Waals surface area contributed by atoms with E-state index in [9.17, 15) is 4.79 Å². The Kier molecular flexibility index (Phi) is 5.95. The quantitative estimate of drug-likeness (QED) is 0.360. The number of anilines is 1. The second-order valence-corrected chi connectivity index (χ2v) is 6.42. The molecule has 0 aliphatic carbocycles. The van der Waals surface area contributed by atoms with Gasteiger partial charge in [-0.25, -0.2) is 9.78 Å². The van der Waals surface area contributed by atoms with Crippen molar-refractivity contribution < 1.29 is 18.8 Å². The smallest absolute Gasteiger partial charge is 0.374 e. The van der Waals surface area contributed by atoms with Gasteiger partial charge in [-0.15, -0.1) is 0 Å². The van der Waals surface area contributed by atoms with E-state index in [0.29, 0.717) is 11.3 Å². The molecule has 0 saturated carbocycles. The predicted octanol–water partition coefficient (Wildman–Crippen LogP) is 2.60. The zero-order chi connectivity index (χ0) is 19.2. The van der Waals surface area contributed by atoms with E-state index in [-0.39, 0.29) is 18.2 Å². The number of aromatic nitrogens is 1. The molecule has 144 valence electrons. The first kappa shape index (κ1) is 18.8. The number of hydrogen-bond donors (Lipinski definition) is 1. The number of nitrogens with two attached hydrogens (primary N) is 1. The lowest BCUT2D eigenvalue weighted by Gasteiger charge is -2.27. The maximum absolute atomic E-state index is 11.6. The van der Waals surface area contributed by atoms with E-state index in [4.69, 9.17) is 15.0 Å². The van der Waals surface area contributed by atoms with Crippen LogP contribution < -0.4 is 10.6 Å². The molecule has 0 unspecified atom stereocenters. The van der Waals surface area contributed by atoms with Crippen LogP contribution in [0.25, 0.3) is 0 Å². The predicted molar refractivity (Wildman–Crippen MR) is 101 cm³/mol. The molecule has 0 bridgehead atoms. The van der Waals surface area contributed by atoms with Gasteiger partial charge in [0.05, 0.1) is 7.11 Å². The molecule has 2 aromatic heterocycles. The highest BCUT2D eigenvalue weighted by atomic mass is 16.6. The third-order valence-electron chi connectivity index (χ3n) is 4.43. The normalized spacial score (nSPS) is 14.9. The van der Waals surface area contributed by atoms with E-state index in [1.807, 2.05) is 6.07 Å². The SMILES string of the molecule is COC(=O)c1oc(CO/N=C(\N)c2ccnc(N3CCCCC3)c2)cc1C. The average molecular weight is 372 g/mol. The maximum Gasteiger partial charge on any atom is 0.374 e. The molecule has 1 aliphatic heterocycles. The molecule has 0 radical (unpaired) electrons. The number of aryl methyl sites for hydroxylation is 1. The molecule has 27 heavy (non-hydrogen) atoms. The molecule has 3 rings (SSSR count). The zero-order valence-corrected chi connectivity index (χ0v) is 15.6. The van der Waals surface area contributed by atoms with Gasteiger partial charge in [-0.1, -0.05) is 5.16 Å². The van der Waals surface area contributed by atoms with Crippen LogP contribution in [0.15, 0.2) is 34.0 Å². The first-order chi connectivity index (χ1) is 13.1. The number of esters is 1. The van der Waals surface area contributed by atoms with E-state index in [0.717, 1.165) is 24.5 Å². The number of pyridine rings is 1. The monoisotopic (exact) mass is 372 g/mol. The van der Waals surface area contributed by atoms with Crippen molar-refractivity contribution in [3.8, 4) is 0 Å². The minimum atomic E-state index is -0.524. The molecule has 1 fully saturated rings. The van der Waals surface area contributed by atoms with Crippen LogP contribution in [0, 0.1) is 6.92 Å². The van der Waals surface area contributed by atoms with Crippen molar-refractivity contribution in [2.24, 2.45) is 10.9 Å². The van der Waals surface area contributed by atoms with E-state index in [1.54, 1.807) is 25.3 Å². The van der Waals surface area contributed by atoms with Crippen molar-refractivity contribution in [1.82, 2.24) is 4.98 Å². The van der Waals surface area contributed by atoms with Gasteiger partial charge in [0.25, 0.3) is 0 Å². The number of carbonyl (C=O) groups is 1. The highest BCUT2D eigenvalue weighted by Gasteiger charge is 2.16. The minimum Gasteiger partial charge on any atom is -0.463 e. The Hall–Kier alpha value is -3.03. The summed E-state index contributed by atoms with van der Waals surface area (Å²) in [6.07, 6.45) is 5.33. The number of furan rings is 1. The van der Waals surface area contributed by atoms with Gasteiger partial charge >= 0.3 is 5.97 Å². The lowest BCUT2D eigenvalue weighted by Crippen LogP contribution is -2.30. The van der Waals surface area contributed by atoms with Gasteiger partial charge in [-0.05, 0) is 44.4 Å². The Balaban J connectivity index is 1.63. The summed E-state index contributed by atoms with van der Waals surface area (Å²) in [5.74, 6) is 1.26. The summed E-state index contributed by atoms with van der Waals surface area (Å²) in [5.41, 5.74) is 7.46. The van der Waals surface area contributed by atoms with Crippen LogP contribution in [0.1, 0.15) is 46.7 Å². The molecule has 0 atom stereocenters. The van der Waals surface area contributed by atoms with Crippen LogP contribution in [-0.4, -0.2) is 37.0 Å². The number of oxime groups is 1. The number of carbonyl (C=O) groups excluding carboxylic acids is 1. The lowest BCUT2D eigenvalue weighted by molar-refractivity contribution is 0.0552. The number of rotatable bonds is 6. The maximum atomic E-state index is 11.6. The van der Waals surface area contributed by atoms with Crippen molar-refractivity contribution in [2.45, 2.75) is 32.8 Å². The number of ether oxygens (including phenoxy) is 1. The van der Waals surface area contributed by atoms with Crippen molar-refractivity contribution in [3.05, 3.63) is 47.0 Å². The Morgan fingerprint density at radius 3 is 2.85 bits per heavy atom. The summed E-state index contributed by atoms with van der Waals surface area (Å²) in [6, 6.07) is 5.42. The lowest BCUT2D eigenvalue weighted by atomic mass is 10.1. The van der Waals surface area contributed by atoms with Crippen LogP contribution in [0.2, 0.25) is 0 Å². The van der Waals surface area contributed by atoms with E-state index >= 15 is 0 Å². The first-order valence-electron chi connectivity index (χ1n) is 8.93. The largest absolute Gasteiger partial charge is 0.463 e. The van der Waals surface area contributed by atoms with Gasteiger partial charge in [0.1, 0.15) is 11.6 Å². The number of hydrogen-bond acceptors (Lipinski definition) is 7. The fourth-order valence-corrected chi connectivity index (χ4v) is 3.01. The number of nitrogens with zero attached hydrogens (tertiary/aromatic N) is 3. The van der Waals surface area contributed by atoms with Gasteiger partial charge in [0.2, 0.25) is 5.76 Å². The van der Waals surface area contributed by atoms with Gasteiger partial charge in [-0.3, -0.25) is 0 Å². The van der Waals surface area contributed by atoms with Crippen LogP contribution in [-0.2, 0) is 16.2 Å². The summed E-state index contributed by atoms with van der Waals surface area (Å²) in [6.45, 7) is 3.83. The molecule has 0 aromatic carbocycles. The number of methoxy groups -OCH3 is 1. The fourth-order valence-electron chi connectivity index (χ4n) is 3.01. The molecule has 2 aromatic rings. The van der Waals surface area contributed by atoms with Crippen molar-refractivity contribution in [2.75, 3.05) is 25.1 Å². The standard InChI is InChI=1S/C19H24N4O4/c1-13-10-15(27-17(13)19(24)25-2)12-26-22-18(20)14-6-7-21-16(11-14)23-8-4-3-5-9-23/h6-7,10-11H,3-5,8-9,12H2,1-2H3,(H2,20,22). The summed E-state index contributed by atoms with van der Waals surface area (Å²) in [5, 5.41) is 3.95. The van der Waals surface area contributed by atoms with Crippen molar-refractivity contribution >= 4 is 17.6 Å². The highest BCUT2D eigenvalue weighted by molar-refractivity contribution is 5.97. The van der Waals surface area contributed by atoms with E-state index in [1.165, 1.54) is 26.4 Å². The molecule has 2 N–H and O–H groups in total. The molecule has 0 spiro atoms. The third kappa shape index (κ3) is 4.58. The zero-order valence-electron chi connectivity index (χ0n) is 15.6. The molecule has 1 aliphatic rings. The minimum absolute atomic E-state index is 0.0581. The van der Waals surface area contributed by atoms with Crippen LogP contribution >= 0.6 is 0 Å². The van der Waals surface area contributed by atoms with Crippen molar-refractivity contribution in [1.29, 1.82) is 0 Å². The second-order valence-electron chi connectivity index (χ2n) is 6.42. The first-order valence-corrected chi connectivity index (χ1v) is 8.93. The fraction of sp³-hybridized carbons (Fsp3) is 0.421. The van der Waals surface area contributed by atoms with Crippen molar-refractivity contribution in [3.63, 3.8) is 0 Å². The molecule has 0 amide bonds. The summed E-state index contributed by atoms with van der Waals surface area (Å²) in [4.78, 5) is 23.5. The third-order valence-corrected chi connectivity index (χ3v) is 4.43. The number of amidine groups is 1.